The number of amides is 2. The molecular formula is C27H31FN4O4. The number of fused-ring (bicyclic) bond motifs is 1. The Morgan fingerprint density at radius 2 is 1.72 bits per heavy atom. The van der Waals surface area contributed by atoms with Gasteiger partial charge in [0, 0.05) is 0 Å². The van der Waals surface area contributed by atoms with Crippen molar-refractivity contribution < 1.29 is 24.2 Å². The van der Waals surface area contributed by atoms with E-state index in [1.54, 1.807) is 36.4 Å². The minimum Gasteiger partial charge on any atom is -0.391 e. The number of carbonyl (C=O) groups is 2. The van der Waals surface area contributed by atoms with Gasteiger partial charge in [-0.3, -0.25) is 14.6 Å². The molecule has 1 aliphatic carbocycles. The number of aromatic nitrogens is 2. The smallest absolute Gasteiger partial charge is 0.271 e. The largest absolute Gasteiger partial charge is 0.391 e. The van der Waals surface area contributed by atoms with E-state index < -0.39 is 41.3 Å². The lowest BCUT2D eigenvalue weighted by molar-refractivity contribution is -0.137. The van der Waals surface area contributed by atoms with E-state index in [0.29, 0.717) is 29.4 Å². The van der Waals surface area contributed by atoms with Crippen LogP contribution in [0.1, 0.15) is 54.6 Å². The lowest BCUT2D eigenvalue weighted by atomic mass is 9.72. The Morgan fingerprint density at radius 1 is 1.06 bits per heavy atom. The second kappa shape index (κ2) is 11.1. The van der Waals surface area contributed by atoms with E-state index in [1.807, 2.05) is 6.07 Å². The number of aliphatic hydroxyl groups excluding tert-OH is 1. The molecule has 3 aromatic rings. The number of carbonyl (C=O) groups excluding carboxylic acids is 2. The predicted molar refractivity (Wildman–Crippen MR) is 132 cm³/mol. The second-order valence-corrected chi connectivity index (χ2v) is 9.54. The van der Waals surface area contributed by atoms with Crippen LogP contribution in [0.5, 0.6) is 0 Å². The topological polar surface area (TPSA) is 138 Å². The summed E-state index contributed by atoms with van der Waals surface area (Å²) in [6, 6.07) is 12.2. The normalized spacial score (nSPS) is 17.8. The summed E-state index contributed by atoms with van der Waals surface area (Å²) in [4.78, 5) is 34.0. The summed E-state index contributed by atoms with van der Waals surface area (Å²) in [6.07, 6.45) is 3.12. The average molecular weight is 495 g/mol. The number of nitrogens with one attached hydrogen (secondary N) is 1. The average Bonchev–Trinajstić information content (AvgIpc) is 2.87. The molecule has 190 valence electrons. The standard InChI is InChI=1S/C27H31FN4O4/c28-19-9-3-2-8-17(19)14-22(24(33)15-18(25(29)34)27(36)12-6-1-7-13-27)32-26(35)23-16-30-20-10-4-5-11-21(20)31-23/h2-5,8-11,16,18,22,24,33,36H,1,6-7,12-15H2,(H2,29,34)(H,32,35). The molecule has 0 radical (unpaired) electrons. The number of primary amides is 1. The van der Waals surface area contributed by atoms with Crippen molar-refractivity contribution in [2.75, 3.05) is 0 Å². The van der Waals surface area contributed by atoms with Crippen LogP contribution in [0.4, 0.5) is 4.39 Å². The lowest BCUT2D eigenvalue weighted by Crippen LogP contribution is -2.52. The fourth-order valence-corrected chi connectivity index (χ4v) is 5.01. The molecule has 36 heavy (non-hydrogen) atoms. The Kier molecular flexibility index (Phi) is 7.91. The van der Waals surface area contributed by atoms with Gasteiger partial charge in [0.05, 0.1) is 40.9 Å². The molecule has 1 saturated carbocycles. The maximum atomic E-state index is 14.5. The number of hydrogen-bond donors (Lipinski definition) is 4. The molecule has 3 atom stereocenters. The molecule has 2 amide bonds. The van der Waals surface area contributed by atoms with Crippen LogP contribution < -0.4 is 11.1 Å². The van der Waals surface area contributed by atoms with Gasteiger partial charge in [0.25, 0.3) is 5.91 Å². The van der Waals surface area contributed by atoms with Gasteiger partial charge >= 0.3 is 0 Å². The first-order valence-electron chi connectivity index (χ1n) is 12.2. The van der Waals surface area contributed by atoms with Gasteiger partial charge < -0.3 is 21.3 Å². The molecule has 9 heteroatoms. The molecule has 0 spiro atoms. The number of aliphatic hydroxyl groups is 2. The fourth-order valence-electron chi connectivity index (χ4n) is 5.01. The summed E-state index contributed by atoms with van der Waals surface area (Å²) in [5, 5.41) is 25.1. The third kappa shape index (κ3) is 5.85. The number of benzene rings is 2. The molecular weight excluding hydrogens is 463 g/mol. The number of nitrogens with zero attached hydrogens (tertiary/aromatic N) is 2. The Morgan fingerprint density at radius 3 is 2.42 bits per heavy atom. The molecule has 4 rings (SSSR count). The molecule has 1 aliphatic rings. The maximum Gasteiger partial charge on any atom is 0.271 e. The highest BCUT2D eigenvalue weighted by Gasteiger charge is 2.43. The molecule has 8 nitrogen and oxygen atoms in total. The number of halogens is 1. The van der Waals surface area contributed by atoms with Gasteiger partial charge in [-0.05, 0) is 49.4 Å². The quantitative estimate of drug-likeness (QED) is 0.361. The SMILES string of the molecule is NC(=O)C(CC(O)C(Cc1ccccc1F)NC(=O)c1cnc2ccccc2n1)C1(O)CCCCC1. The lowest BCUT2D eigenvalue weighted by Gasteiger charge is -2.39. The van der Waals surface area contributed by atoms with Crippen LogP contribution in [0.15, 0.2) is 54.7 Å². The number of rotatable bonds is 9. The van der Waals surface area contributed by atoms with E-state index in [9.17, 15) is 24.2 Å². The Labute approximate surface area is 208 Å². The van der Waals surface area contributed by atoms with E-state index in [0.717, 1.165) is 19.3 Å². The third-order valence-electron chi connectivity index (χ3n) is 7.05. The van der Waals surface area contributed by atoms with E-state index in [-0.39, 0.29) is 18.5 Å². The molecule has 5 N–H and O–H groups in total. The Hall–Kier alpha value is -3.43. The van der Waals surface area contributed by atoms with E-state index in [1.165, 1.54) is 12.3 Å². The van der Waals surface area contributed by atoms with Gasteiger partial charge in [-0.2, -0.15) is 0 Å². The van der Waals surface area contributed by atoms with Crippen molar-refractivity contribution in [1.82, 2.24) is 15.3 Å². The summed E-state index contributed by atoms with van der Waals surface area (Å²) in [5.74, 6) is -2.80. The van der Waals surface area contributed by atoms with Crippen molar-refractivity contribution in [3.8, 4) is 0 Å². The van der Waals surface area contributed by atoms with Crippen molar-refractivity contribution in [2.45, 2.75) is 62.7 Å². The predicted octanol–water partition coefficient (Wildman–Crippen LogP) is 2.66. The van der Waals surface area contributed by atoms with Crippen molar-refractivity contribution in [3.05, 3.63) is 71.8 Å². The first kappa shape index (κ1) is 25.7. The van der Waals surface area contributed by atoms with Gasteiger partial charge in [0.1, 0.15) is 11.5 Å². The van der Waals surface area contributed by atoms with Gasteiger partial charge in [0.15, 0.2) is 0 Å². The van der Waals surface area contributed by atoms with Gasteiger partial charge in [-0.25, -0.2) is 9.37 Å². The minimum absolute atomic E-state index is 0.0372. The molecule has 1 aromatic heterocycles. The first-order valence-corrected chi connectivity index (χ1v) is 12.2. The van der Waals surface area contributed by atoms with Crippen LogP contribution in [0.2, 0.25) is 0 Å². The van der Waals surface area contributed by atoms with Crippen molar-refractivity contribution in [3.63, 3.8) is 0 Å². The zero-order valence-electron chi connectivity index (χ0n) is 19.9. The van der Waals surface area contributed by atoms with Gasteiger partial charge in [0.2, 0.25) is 5.91 Å². The molecule has 1 heterocycles. The molecule has 0 bridgehead atoms. The second-order valence-electron chi connectivity index (χ2n) is 9.54. The minimum atomic E-state index is -1.32. The molecule has 2 aromatic carbocycles. The Bertz CT molecular complexity index is 1230. The highest BCUT2D eigenvalue weighted by molar-refractivity contribution is 5.94. The monoisotopic (exact) mass is 494 g/mol. The zero-order valence-corrected chi connectivity index (χ0v) is 19.9. The van der Waals surface area contributed by atoms with Crippen LogP contribution >= 0.6 is 0 Å². The molecule has 1 fully saturated rings. The van der Waals surface area contributed by atoms with Crippen LogP contribution in [-0.4, -0.2) is 49.7 Å². The zero-order chi connectivity index (χ0) is 25.7. The number of para-hydroxylation sites is 2. The summed E-state index contributed by atoms with van der Waals surface area (Å²) in [6.45, 7) is 0. The van der Waals surface area contributed by atoms with Gasteiger partial charge in [-0.15, -0.1) is 0 Å². The van der Waals surface area contributed by atoms with Crippen LogP contribution in [0.25, 0.3) is 11.0 Å². The highest BCUT2D eigenvalue weighted by Crippen LogP contribution is 2.37. The maximum absolute atomic E-state index is 14.5. The van der Waals surface area contributed by atoms with Crippen molar-refractivity contribution in [2.24, 2.45) is 11.7 Å². The van der Waals surface area contributed by atoms with Crippen molar-refractivity contribution in [1.29, 1.82) is 0 Å². The van der Waals surface area contributed by atoms with Crippen LogP contribution in [0, 0.1) is 11.7 Å². The molecule has 3 unspecified atom stereocenters. The van der Waals surface area contributed by atoms with Crippen LogP contribution in [-0.2, 0) is 11.2 Å². The number of hydrogen-bond acceptors (Lipinski definition) is 6. The third-order valence-corrected chi connectivity index (χ3v) is 7.05. The summed E-state index contributed by atoms with van der Waals surface area (Å²) >= 11 is 0. The van der Waals surface area contributed by atoms with Crippen LogP contribution in [0.3, 0.4) is 0 Å². The van der Waals surface area contributed by atoms with E-state index >= 15 is 0 Å². The Balaban J connectivity index is 1.58. The van der Waals surface area contributed by atoms with Crippen molar-refractivity contribution >= 4 is 22.8 Å². The van der Waals surface area contributed by atoms with E-state index in [4.69, 9.17) is 5.73 Å². The summed E-state index contributed by atoms with van der Waals surface area (Å²) in [5.41, 5.74) is 5.82. The highest BCUT2D eigenvalue weighted by atomic mass is 19.1. The summed E-state index contributed by atoms with van der Waals surface area (Å²) in [7, 11) is 0. The van der Waals surface area contributed by atoms with E-state index in [2.05, 4.69) is 15.3 Å². The number of nitrogens with two attached hydrogens (primary N) is 1. The summed E-state index contributed by atoms with van der Waals surface area (Å²) < 4.78 is 14.5. The molecule has 0 saturated heterocycles. The molecule has 0 aliphatic heterocycles. The fraction of sp³-hybridized carbons (Fsp3) is 0.407. The first-order chi connectivity index (χ1) is 17.3. The van der Waals surface area contributed by atoms with Gasteiger partial charge in [-0.1, -0.05) is 49.6 Å².